The molecule has 2 aromatic rings. The van der Waals surface area contributed by atoms with Gasteiger partial charge in [-0.2, -0.15) is 0 Å². The summed E-state index contributed by atoms with van der Waals surface area (Å²) < 4.78 is 11.9. The summed E-state index contributed by atoms with van der Waals surface area (Å²) in [4.78, 5) is 16.2. The SMILES string of the molecule is O=C(NCC[S@@](=O)c1ccccc1)Nc1ccncc1. The third-order valence-corrected chi connectivity index (χ3v) is 3.89. The van der Waals surface area contributed by atoms with E-state index in [0.29, 0.717) is 18.0 Å². The summed E-state index contributed by atoms with van der Waals surface area (Å²) in [7, 11) is -1.10. The van der Waals surface area contributed by atoms with E-state index in [4.69, 9.17) is 0 Å². The number of carbonyl (C=O) groups is 1. The number of nitrogens with one attached hydrogen (secondary N) is 2. The summed E-state index contributed by atoms with van der Waals surface area (Å²) in [6, 6.07) is 12.3. The lowest BCUT2D eigenvalue weighted by Crippen LogP contribution is -2.31. The molecule has 2 amide bonds. The van der Waals surface area contributed by atoms with E-state index < -0.39 is 10.8 Å². The van der Waals surface area contributed by atoms with E-state index in [0.717, 1.165) is 4.90 Å². The van der Waals surface area contributed by atoms with E-state index in [1.54, 1.807) is 24.5 Å². The number of hydrogen-bond donors (Lipinski definition) is 2. The van der Waals surface area contributed by atoms with Gasteiger partial charge >= 0.3 is 6.03 Å². The van der Waals surface area contributed by atoms with E-state index >= 15 is 0 Å². The Labute approximate surface area is 119 Å². The third-order valence-electron chi connectivity index (χ3n) is 2.52. The number of pyridine rings is 1. The molecule has 1 atom stereocenters. The molecular weight excluding hydrogens is 274 g/mol. The number of nitrogens with zero attached hydrogens (tertiary/aromatic N) is 1. The second kappa shape index (κ2) is 7.40. The second-order valence-corrected chi connectivity index (χ2v) is 5.55. The van der Waals surface area contributed by atoms with Crippen molar-refractivity contribution in [2.45, 2.75) is 4.90 Å². The van der Waals surface area contributed by atoms with Crippen LogP contribution in [0.5, 0.6) is 0 Å². The van der Waals surface area contributed by atoms with Crippen molar-refractivity contribution in [3.8, 4) is 0 Å². The van der Waals surface area contributed by atoms with Crippen LogP contribution in [0, 0.1) is 0 Å². The highest BCUT2D eigenvalue weighted by atomic mass is 32.2. The van der Waals surface area contributed by atoms with Crippen LogP contribution in [0.2, 0.25) is 0 Å². The van der Waals surface area contributed by atoms with Gasteiger partial charge in [-0.25, -0.2) is 4.79 Å². The predicted molar refractivity (Wildman–Crippen MR) is 79.0 cm³/mol. The summed E-state index contributed by atoms with van der Waals surface area (Å²) in [6.45, 7) is 0.346. The Balaban J connectivity index is 1.73. The van der Waals surface area contributed by atoms with Crippen molar-refractivity contribution in [3.63, 3.8) is 0 Å². The number of carbonyl (C=O) groups excluding carboxylic acids is 1. The average molecular weight is 289 g/mol. The molecule has 0 saturated heterocycles. The molecule has 0 bridgehead atoms. The molecule has 20 heavy (non-hydrogen) atoms. The lowest BCUT2D eigenvalue weighted by Gasteiger charge is -2.07. The Morgan fingerprint density at radius 1 is 1.10 bits per heavy atom. The predicted octanol–water partition coefficient (Wildman–Crippen LogP) is 2.01. The van der Waals surface area contributed by atoms with Crippen LogP contribution in [-0.2, 0) is 10.8 Å². The fourth-order valence-electron chi connectivity index (χ4n) is 1.56. The molecule has 0 unspecified atom stereocenters. The number of amides is 2. The Hall–Kier alpha value is -2.21. The maximum Gasteiger partial charge on any atom is 0.319 e. The molecule has 0 spiro atoms. The van der Waals surface area contributed by atoms with Crippen LogP contribution >= 0.6 is 0 Å². The lowest BCUT2D eigenvalue weighted by atomic mass is 10.4. The zero-order valence-corrected chi connectivity index (χ0v) is 11.6. The largest absolute Gasteiger partial charge is 0.337 e. The Kier molecular flexibility index (Phi) is 5.25. The van der Waals surface area contributed by atoms with Crippen molar-refractivity contribution < 1.29 is 9.00 Å². The van der Waals surface area contributed by atoms with Gasteiger partial charge in [-0.3, -0.25) is 9.19 Å². The first-order valence-corrected chi connectivity index (χ1v) is 7.46. The molecular formula is C14H15N3O2S. The quantitative estimate of drug-likeness (QED) is 0.884. The zero-order chi connectivity index (χ0) is 14.2. The van der Waals surface area contributed by atoms with Gasteiger partial charge in [-0.15, -0.1) is 0 Å². The van der Waals surface area contributed by atoms with Crippen LogP contribution in [0.15, 0.2) is 59.8 Å². The van der Waals surface area contributed by atoms with Crippen molar-refractivity contribution in [2.24, 2.45) is 0 Å². The summed E-state index contributed by atoms with van der Waals surface area (Å²) in [5, 5.41) is 5.33. The lowest BCUT2D eigenvalue weighted by molar-refractivity contribution is 0.252. The van der Waals surface area contributed by atoms with Crippen LogP contribution in [-0.4, -0.2) is 27.5 Å². The van der Waals surface area contributed by atoms with Crippen LogP contribution < -0.4 is 10.6 Å². The normalized spacial score (nSPS) is 11.6. The van der Waals surface area contributed by atoms with Gasteiger partial charge in [-0.05, 0) is 24.3 Å². The van der Waals surface area contributed by atoms with E-state index in [1.807, 2.05) is 30.3 Å². The van der Waals surface area contributed by atoms with E-state index in [9.17, 15) is 9.00 Å². The second-order valence-electron chi connectivity index (χ2n) is 3.98. The minimum Gasteiger partial charge on any atom is -0.337 e. The molecule has 104 valence electrons. The van der Waals surface area contributed by atoms with Crippen molar-refractivity contribution in [3.05, 3.63) is 54.9 Å². The minimum absolute atomic E-state index is 0.318. The first-order chi connectivity index (χ1) is 9.75. The average Bonchev–Trinajstić information content (AvgIpc) is 2.49. The van der Waals surface area contributed by atoms with Gasteiger partial charge in [0.25, 0.3) is 0 Å². The first-order valence-electron chi connectivity index (χ1n) is 6.14. The molecule has 1 heterocycles. The highest BCUT2D eigenvalue weighted by Gasteiger charge is 2.05. The molecule has 0 saturated carbocycles. The summed E-state index contributed by atoms with van der Waals surface area (Å²) in [6.07, 6.45) is 3.19. The number of hydrogen-bond acceptors (Lipinski definition) is 3. The zero-order valence-electron chi connectivity index (χ0n) is 10.8. The molecule has 0 radical (unpaired) electrons. The topological polar surface area (TPSA) is 71.1 Å². The number of rotatable bonds is 5. The monoisotopic (exact) mass is 289 g/mol. The van der Waals surface area contributed by atoms with Crippen molar-refractivity contribution in [1.82, 2.24) is 10.3 Å². The van der Waals surface area contributed by atoms with Crippen molar-refractivity contribution in [2.75, 3.05) is 17.6 Å². The van der Waals surface area contributed by atoms with Crippen LogP contribution in [0.1, 0.15) is 0 Å². The van der Waals surface area contributed by atoms with Gasteiger partial charge in [0.05, 0.1) is 10.8 Å². The molecule has 0 fully saturated rings. The Bertz CT molecular complexity index is 575. The molecule has 5 nitrogen and oxygen atoms in total. The van der Waals surface area contributed by atoms with Crippen LogP contribution in [0.25, 0.3) is 0 Å². The van der Waals surface area contributed by atoms with Crippen LogP contribution in [0.4, 0.5) is 10.5 Å². The van der Waals surface area contributed by atoms with E-state index in [1.165, 1.54) is 0 Å². The first kappa shape index (κ1) is 14.2. The third kappa shape index (κ3) is 4.47. The summed E-state index contributed by atoms with van der Waals surface area (Å²) >= 11 is 0. The number of anilines is 1. The molecule has 2 rings (SSSR count). The smallest absolute Gasteiger partial charge is 0.319 e. The molecule has 0 aliphatic heterocycles. The number of aromatic nitrogens is 1. The van der Waals surface area contributed by atoms with Gasteiger partial charge in [0.2, 0.25) is 0 Å². The maximum atomic E-state index is 11.9. The molecule has 1 aromatic heterocycles. The standard InChI is InChI=1S/C14H15N3O2S/c18-14(17-12-6-8-15-9-7-12)16-10-11-20(19)13-4-2-1-3-5-13/h1-9H,10-11H2,(H2,15,16,17,18)/t20-/m1/s1. The van der Waals surface area contributed by atoms with E-state index in [2.05, 4.69) is 15.6 Å². The summed E-state index contributed by atoms with van der Waals surface area (Å²) in [5.74, 6) is 0.383. The maximum absolute atomic E-state index is 11.9. The molecule has 6 heteroatoms. The fourth-order valence-corrected chi connectivity index (χ4v) is 2.54. The van der Waals surface area contributed by atoms with Crippen molar-refractivity contribution >= 4 is 22.5 Å². The van der Waals surface area contributed by atoms with Gasteiger partial charge in [0.15, 0.2) is 0 Å². The molecule has 1 aromatic carbocycles. The number of urea groups is 1. The minimum atomic E-state index is -1.10. The molecule has 2 N–H and O–H groups in total. The van der Waals surface area contributed by atoms with Gasteiger partial charge in [-0.1, -0.05) is 18.2 Å². The Morgan fingerprint density at radius 2 is 1.80 bits per heavy atom. The van der Waals surface area contributed by atoms with E-state index in [-0.39, 0.29) is 6.03 Å². The van der Waals surface area contributed by atoms with Crippen molar-refractivity contribution in [1.29, 1.82) is 0 Å². The van der Waals surface area contributed by atoms with Gasteiger partial charge < -0.3 is 10.6 Å². The highest BCUT2D eigenvalue weighted by molar-refractivity contribution is 7.85. The summed E-state index contributed by atoms with van der Waals surface area (Å²) in [5.41, 5.74) is 0.668. The van der Waals surface area contributed by atoms with Gasteiger partial charge in [0.1, 0.15) is 0 Å². The van der Waals surface area contributed by atoms with Crippen LogP contribution in [0.3, 0.4) is 0 Å². The van der Waals surface area contributed by atoms with Gasteiger partial charge in [0, 0.05) is 35.3 Å². The molecule has 0 aliphatic carbocycles. The fraction of sp³-hybridized carbons (Fsp3) is 0.143. The Morgan fingerprint density at radius 3 is 2.50 bits per heavy atom. The number of benzene rings is 1. The highest BCUT2D eigenvalue weighted by Crippen LogP contribution is 2.05. The molecule has 0 aliphatic rings.